The first kappa shape index (κ1) is 27.6. The first-order chi connectivity index (χ1) is 15.3. The molecule has 0 aliphatic heterocycles. The van der Waals surface area contributed by atoms with Gasteiger partial charge in [0.2, 0.25) is 0 Å². The maximum atomic E-state index is 4.19. The van der Waals surface area contributed by atoms with Crippen LogP contribution in [-0.2, 0) is 0 Å². The van der Waals surface area contributed by atoms with Crippen LogP contribution >= 0.6 is 0 Å². The van der Waals surface area contributed by atoms with Crippen LogP contribution in [0, 0.1) is 0 Å². The van der Waals surface area contributed by atoms with Gasteiger partial charge in [0.25, 0.3) is 0 Å². The van der Waals surface area contributed by atoms with E-state index in [1.807, 2.05) is 100 Å². The van der Waals surface area contributed by atoms with Gasteiger partial charge >= 0.3 is 0 Å². The molecule has 0 saturated carbocycles. The minimum absolute atomic E-state index is 0.915. The quantitative estimate of drug-likeness (QED) is 0.335. The van der Waals surface area contributed by atoms with Gasteiger partial charge in [0.05, 0.1) is 22.8 Å². The van der Waals surface area contributed by atoms with Gasteiger partial charge in [0.1, 0.15) is 0 Å². The molecule has 4 heterocycles. The summed E-state index contributed by atoms with van der Waals surface area (Å²) in [5.74, 6) is 0. The molecule has 0 atom stereocenters. The lowest BCUT2D eigenvalue weighted by Crippen LogP contribution is -1.83. The number of rotatable bonds is 2. The zero-order chi connectivity index (χ0) is 23.2. The number of aromatic nitrogens is 4. The lowest BCUT2D eigenvalue weighted by atomic mass is 10.2. The van der Waals surface area contributed by atoms with Crippen LogP contribution in [0.25, 0.3) is 22.8 Å². The highest BCUT2D eigenvalue weighted by Gasteiger charge is 1.96. The van der Waals surface area contributed by atoms with Gasteiger partial charge in [0.15, 0.2) is 0 Å². The Bertz CT molecular complexity index is 702. The van der Waals surface area contributed by atoms with Gasteiger partial charge in [-0.15, -0.1) is 0 Å². The third-order valence-electron chi connectivity index (χ3n) is 3.18. The largest absolute Gasteiger partial charge is 0.255 e. The molecule has 0 amide bonds. The van der Waals surface area contributed by atoms with Gasteiger partial charge in [-0.2, -0.15) is 0 Å². The molecule has 4 aromatic rings. The van der Waals surface area contributed by atoms with Gasteiger partial charge in [-0.3, -0.25) is 19.9 Å². The standard InChI is InChI=1S/2C10H8N2.C3H8.2C2H6/c2*1-3-7-11-9(5-1)10-6-2-4-8-12-10;1-3-2;2*1-2/h2*1-8H;3H2,1-2H3;2*1-2H3. The van der Waals surface area contributed by atoms with Gasteiger partial charge in [-0.05, 0) is 48.5 Å². The third-order valence-corrected chi connectivity index (χ3v) is 3.18. The summed E-state index contributed by atoms with van der Waals surface area (Å²) >= 11 is 0. The summed E-state index contributed by atoms with van der Waals surface area (Å²) in [5, 5.41) is 0. The zero-order valence-corrected chi connectivity index (χ0v) is 19.7. The highest BCUT2D eigenvalue weighted by atomic mass is 14.8. The van der Waals surface area contributed by atoms with E-state index in [1.54, 1.807) is 24.8 Å². The van der Waals surface area contributed by atoms with Gasteiger partial charge in [0, 0.05) is 24.8 Å². The van der Waals surface area contributed by atoms with Crippen LogP contribution in [0.2, 0.25) is 0 Å². The third kappa shape index (κ3) is 12.0. The second kappa shape index (κ2) is 19.9. The van der Waals surface area contributed by atoms with E-state index in [9.17, 15) is 0 Å². The maximum absolute atomic E-state index is 4.19. The summed E-state index contributed by atoms with van der Waals surface area (Å²) < 4.78 is 0. The Balaban J connectivity index is 0.000000453. The second-order valence-corrected chi connectivity index (χ2v) is 5.57. The number of nitrogens with zero attached hydrogens (tertiary/aromatic N) is 4. The summed E-state index contributed by atoms with van der Waals surface area (Å²) in [6.07, 6.45) is 8.32. The highest BCUT2D eigenvalue weighted by Crippen LogP contribution is 2.11. The average Bonchev–Trinajstić information content (AvgIpc) is 2.89. The van der Waals surface area contributed by atoms with E-state index in [0.717, 1.165) is 22.8 Å². The molecule has 0 bridgehead atoms. The number of hydrogen-bond acceptors (Lipinski definition) is 4. The van der Waals surface area contributed by atoms with Crippen molar-refractivity contribution in [3.63, 3.8) is 0 Å². The summed E-state index contributed by atoms with van der Waals surface area (Å²) in [7, 11) is 0. The van der Waals surface area contributed by atoms with Crippen LogP contribution < -0.4 is 0 Å². The van der Waals surface area contributed by atoms with Crippen molar-refractivity contribution in [2.24, 2.45) is 0 Å². The lowest BCUT2D eigenvalue weighted by molar-refractivity contribution is 1.09. The molecular formula is C27H36N4. The smallest absolute Gasteiger partial charge is 0.0886 e. The first-order valence-corrected chi connectivity index (χ1v) is 11.0. The molecule has 0 spiro atoms. The van der Waals surface area contributed by atoms with Crippen molar-refractivity contribution in [2.75, 3.05) is 0 Å². The fourth-order valence-electron chi connectivity index (χ4n) is 2.06. The molecule has 4 rings (SSSR count). The van der Waals surface area contributed by atoms with Crippen molar-refractivity contribution in [1.29, 1.82) is 0 Å². The predicted octanol–water partition coefficient (Wildman–Crippen LogP) is 7.76. The number of hydrogen-bond donors (Lipinski definition) is 0. The zero-order valence-electron chi connectivity index (χ0n) is 19.7. The molecule has 4 nitrogen and oxygen atoms in total. The van der Waals surface area contributed by atoms with Crippen molar-refractivity contribution in [1.82, 2.24) is 19.9 Å². The lowest BCUT2D eigenvalue weighted by Gasteiger charge is -1.96. The molecule has 0 N–H and O–H groups in total. The molecule has 0 aromatic carbocycles. The Hall–Kier alpha value is -3.40. The van der Waals surface area contributed by atoms with Gasteiger partial charge < -0.3 is 0 Å². The minimum atomic E-state index is 0.915. The Morgan fingerprint density at radius 3 is 0.742 bits per heavy atom. The Labute approximate surface area is 188 Å². The first-order valence-electron chi connectivity index (χ1n) is 11.0. The predicted molar refractivity (Wildman–Crippen MR) is 134 cm³/mol. The average molecular weight is 417 g/mol. The molecule has 164 valence electrons. The van der Waals surface area contributed by atoms with Gasteiger partial charge in [-0.1, -0.05) is 72.2 Å². The van der Waals surface area contributed by atoms with Crippen molar-refractivity contribution >= 4 is 0 Å². The monoisotopic (exact) mass is 416 g/mol. The Morgan fingerprint density at radius 1 is 0.419 bits per heavy atom. The van der Waals surface area contributed by atoms with E-state index in [1.165, 1.54) is 6.42 Å². The maximum Gasteiger partial charge on any atom is 0.0886 e. The van der Waals surface area contributed by atoms with Crippen molar-refractivity contribution in [2.45, 2.75) is 48.0 Å². The molecule has 31 heavy (non-hydrogen) atoms. The molecule has 4 heteroatoms. The molecule has 0 saturated heterocycles. The molecule has 0 aliphatic rings. The van der Waals surface area contributed by atoms with E-state index >= 15 is 0 Å². The summed E-state index contributed by atoms with van der Waals surface area (Å²) in [6.45, 7) is 12.2. The summed E-state index contributed by atoms with van der Waals surface area (Å²) in [5.41, 5.74) is 3.66. The van der Waals surface area contributed by atoms with E-state index in [0.29, 0.717) is 0 Å². The normalized spacial score (nSPS) is 8.45. The van der Waals surface area contributed by atoms with Crippen LogP contribution in [0.15, 0.2) is 97.6 Å². The molecule has 0 fully saturated rings. The highest BCUT2D eigenvalue weighted by molar-refractivity contribution is 5.53. The topological polar surface area (TPSA) is 51.6 Å². The molecule has 0 radical (unpaired) electrons. The van der Waals surface area contributed by atoms with Crippen LogP contribution in [0.5, 0.6) is 0 Å². The van der Waals surface area contributed by atoms with Crippen LogP contribution in [0.3, 0.4) is 0 Å². The van der Waals surface area contributed by atoms with E-state index in [-0.39, 0.29) is 0 Å². The van der Waals surface area contributed by atoms with Crippen LogP contribution in [0.1, 0.15) is 48.0 Å². The Kier molecular flexibility index (Phi) is 17.7. The fraction of sp³-hybridized carbons (Fsp3) is 0.259. The molecule has 0 aliphatic carbocycles. The Morgan fingerprint density at radius 2 is 0.613 bits per heavy atom. The second-order valence-electron chi connectivity index (χ2n) is 5.57. The van der Waals surface area contributed by atoms with Crippen molar-refractivity contribution in [3.05, 3.63) is 97.6 Å². The number of pyridine rings is 4. The van der Waals surface area contributed by atoms with E-state index < -0.39 is 0 Å². The molecule has 4 aromatic heterocycles. The summed E-state index contributed by atoms with van der Waals surface area (Å²) in [4.78, 5) is 16.7. The molecule has 0 unspecified atom stereocenters. The van der Waals surface area contributed by atoms with E-state index in [2.05, 4.69) is 33.8 Å². The summed E-state index contributed by atoms with van der Waals surface area (Å²) in [6, 6.07) is 23.2. The van der Waals surface area contributed by atoms with Crippen molar-refractivity contribution < 1.29 is 0 Å². The minimum Gasteiger partial charge on any atom is -0.255 e. The molecular weight excluding hydrogens is 380 g/mol. The van der Waals surface area contributed by atoms with E-state index in [4.69, 9.17) is 0 Å². The van der Waals surface area contributed by atoms with Gasteiger partial charge in [-0.25, -0.2) is 0 Å². The SMILES string of the molecule is CC.CC.CCC.c1ccc(-c2ccccn2)nc1.c1ccc(-c2ccccn2)nc1. The fourth-order valence-corrected chi connectivity index (χ4v) is 2.06. The van der Waals surface area contributed by atoms with Crippen LogP contribution in [-0.4, -0.2) is 19.9 Å². The van der Waals surface area contributed by atoms with Crippen LogP contribution in [0.4, 0.5) is 0 Å². The van der Waals surface area contributed by atoms with Crippen molar-refractivity contribution in [3.8, 4) is 22.8 Å².